The SMILES string of the molecule is CCOC(=O)c1cnc2cc(Cl)c(OC)cc2c1Nc1ccc(C(F)(F)F)cc1. The number of hydrogen-bond acceptors (Lipinski definition) is 5. The number of nitrogens with zero attached hydrogens (tertiary/aromatic N) is 1. The summed E-state index contributed by atoms with van der Waals surface area (Å²) in [6, 6.07) is 7.62. The van der Waals surface area contributed by atoms with Crippen molar-refractivity contribution in [2.75, 3.05) is 19.0 Å². The average molecular weight is 425 g/mol. The van der Waals surface area contributed by atoms with Gasteiger partial charge in [0.25, 0.3) is 0 Å². The fourth-order valence-corrected chi connectivity index (χ4v) is 2.97. The van der Waals surface area contributed by atoms with Gasteiger partial charge in [-0.25, -0.2) is 4.79 Å². The summed E-state index contributed by atoms with van der Waals surface area (Å²) >= 11 is 6.14. The summed E-state index contributed by atoms with van der Waals surface area (Å²) in [6.07, 6.45) is -3.11. The lowest BCUT2D eigenvalue weighted by atomic mass is 10.1. The van der Waals surface area contributed by atoms with Crippen molar-refractivity contribution < 1.29 is 27.4 Å². The Morgan fingerprint density at radius 2 is 1.90 bits per heavy atom. The van der Waals surface area contributed by atoms with Crippen LogP contribution >= 0.6 is 11.6 Å². The van der Waals surface area contributed by atoms with Gasteiger partial charge in [0, 0.05) is 17.3 Å². The first kappa shape index (κ1) is 20.7. The van der Waals surface area contributed by atoms with Gasteiger partial charge in [-0.1, -0.05) is 11.6 Å². The molecule has 152 valence electrons. The third kappa shape index (κ3) is 4.37. The first-order chi connectivity index (χ1) is 13.7. The number of carbonyl (C=O) groups excluding carboxylic acids is 1. The highest BCUT2D eigenvalue weighted by atomic mass is 35.5. The van der Waals surface area contributed by atoms with Crippen LogP contribution in [0.15, 0.2) is 42.6 Å². The van der Waals surface area contributed by atoms with Gasteiger partial charge >= 0.3 is 12.1 Å². The Balaban J connectivity index is 2.14. The average Bonchev–Trinajstić information content (AvgIpc) is 2.67. The lowest BCUT2D eigenvalue weighted by molar-refractivity contribution is -0.137. The summed E-state index contributed by atoms with van der Waals surface area (Å²) in [6.45, 7) is 1.82. The van der Waals surface area contributed by atoms with Gasteiger partial charge in [-0.05, 0) is 43.3 Å². The molecule has 0 bridgehead atoms. The molecular formula is C20H16ClF3N2O3. The van der Waals surface area contributed by atoms with E-state index in [1.165, 1.54) is 25.4 Å². The van der Waals surface area contributed by atoms with Gasteiger partial charge in [0.1, 0.15) is 11.3 Å². The summed E-state index contributed by atoms with van der Waals surface area (Å²) in [5.41, 5.74) is 0.497. The molecule has 1 aromatic heterocycles. The number of esters is 1. The largest absolute Gasteiger partial charge is 0.495 e. The molecule has 0 spiro atoms. The number of aromatic nitrogens is 1. The van der Waals surface area contributed by atoms with Gasteiger partial charge in [-0.15, -0.1) is 0 Å². The maximum absolute atomic E-state index is 12.8. The Hall–Kier alpha value is -3.00. The van der Waals surface area contributed by atoms with Crippen LogP contribution in [0, 0.1) is 0 Å². The number of anilines is 2. The van der Waals surface area contributed by atoms with Gasteiger partial charge < -0.3 is 14.8 Å². The van der Waals surface area contributed by atoms with Crippen molar-refractivity contribution >= 4 is 39.8 Å². The fraction of sp³-hybridized carbons (Fsp3) is 0.200. The Morgan fingerprint density at radius 1 is 1.21 bits per heavy atom. The topological polar surface area (TPSA) is 60.5 Å². The van der Waals surface area contributed by atoms with E-state index in [-0.39, 0.29) is 12.2 Å². The number of rotatable bonds is 5. The molecule has 3 rings (SSSR count). The lowest BCUT2D eigenvalue weighted by Crippen LogP contribution is -2.10. The molecule has 29 heavy (non-hydrogen) atoms. The van der Waals surface area contributed by atoms with Crippen molar-refractivity contribution in [1.82, 2.24) is 4.98 Å². The number of hydrogen-bond donors (Lipinski definition) is 1. The van der Waals surface area contributed by atoms with Crippen LogP contribution in [0.5, 0.6) is 5.75 Å². The molecule has 3 aromatic rings. The fourth-order valence-electron chi connectivity index (χ4n) is 2.74. The van der Waals surface area contributed by atoms with E-state index in [0.717, 1.165) is 12.1 Å². The van der Waals surface area contributed by atoms with Crippen LogP contribution in [0.25, 0.3) is 10.9 Å². The summed E-state index contributed by atoms with van der Waals surface area (Å²) in [7, 11) is 1.44. The second-order valence-corrected chi connectivity index (χ2v) is 6.38. The number of methoxy groups -OCH3 is 1. The maximum Gasteiger partial charge on any atom is 0.416 e. The van der Waals surface area contributed by atoms with E-state index in [2.05, 4.69) is 10.3 Å². The standard InChI is InChI=1S/C20H16ClF3N2O3/c1-3-29-19(27)14-10-25-16-9-15(21)17(28-2)8-13(16)18(14)26-12-6-4-11(5-7-12)20(22,23)24/h4-10H,3H2,1-2H3,(H,25,26). The molecule has 0 fully saturated rings. The molecule has 0 aliphatic rings. The van der Waals surface area contributed by atoms with E-state index >= 15 is 0 Å². The molecule has 1 N–H and O–H groups in total. The Morgan fingerprint density at radius 3 is 2.48 bits per heavy atom. The lowest BCUT2D eigenvalue weighted by Gasteiger charge is -2.16. The second kappa shape index (κ2) is 8.16. The molecule has 0 aliphatic carbocycles. The third-order valence-electron chi connectivity index (χ3n) is 4.12. The molecule has 0 radical (unpaired) electrons. The predicted molar refractivity (Wildman–Crippen MR) is 104 cm³/mol. The van der Waals surface area contributed by atoms with Gasteiger partial charge in [0.15, 0.2) is 0 Å². The minimum atomic E-state index is -4.44. The Bertz CT molecular complexity index is 1050. The summed E-state index contributed by atoms with van der Waals surface area (Å²) < 4.78 is 48.7. The molecule has 0 amide bonds. The zero-order valence-electron chi connectivity index (χ0n) is 15.4. The summed E-state index contributed by atoms with van der Waals surface area (Å²) in [5.74, 6) is -0.261. The number of halogens is 4. The zero-order valence-corrected chi connectivity index (χ0v) is 16.2. The molecule has 0 saturated carbocycles. The number of carbonyl (C=O) groups is 1. The number of alkyl halides is 3. The first-order valence-electron chi connectivity index (χ1n) is 8.52. The van der Waals surface area contributed by atoms with Crippen LogP contribution in [-0.2, 0) is 10.9 Å². The van der Waals surface area contributed by atoms with E-state index in [4.69, 9.17) is 21.1 Å². The zero-order chi connectivity index (χ0) is 21.2. The number of nitrogens with one attached hydrogen (secondary N) is 1. The number of ether oxygens (including phenoxy) is 2. The van der Waals surface area contributed by atoms with Crippen molar-refractivity contribution in [1.29, 1.82) is 0 Å². The molecule has 1 heterocycles. The number of benzene rings is 2. The third-order valence-corrected chi connectivity index (χ3v) is 4.41. The summed E-state index contributed by atoms with van der Waals surface area (Å²) in [5, 5.41) is 3.82. The minimum absolute atomic E-state index is 0.128. The highest BCUT2D eigenvalue weighted by Gasteiger charge is 2.30. The summed E-state index contributed by atoms with van der Waals surface area (Å²) in [4.78, 5) is 16.6. The van der Waals surface area contributed by atoms with Gasteiger partial charge in [0.05, 0.1) is 35.5 Å². The van der Waals surface area contributed by atoms with Crippen LogP contribution in [0.2, 0.25) is 5.02 Å². The second-order valence-electron chi connectivity index (χ2n) is 5.97. The van der Waals surface area contributed by atoms with Crippen molar-refractivity contribution in [3.63, 3.8) is 0 Å². The monoisotopic (exact) mass is 424 g/mol. The molecule has 5 nitrogen and oxygen atoms in total. The van der Waals surface area contributed by atoms with Crippen LogP contribution in [0.1, 0.15) is 22.8 Å². The Kier molecular flexibility index (Phi) is 5.83. The quantitative estimate of drug-likeness (QED) is 0.522. The smallest absolute Gasteiger partial charge is 0.416 e. The van der Waals surface area contributed by atoms with Gasteiger partial charge in [0.2, 0.25) is 0 Å². The van der Waals surface area contributed by atoms with Gasteiger partial charge in [-0.2, -0.15) is 13.2 Å². The Labute approximate surface area is 169 Å². The minimum Gasteiger partial charge on any atom is -0.495 e. The van der Waals surface area contributed by atoms with Crippen molar-refractivity contribution in [2.45, 2.75) is 13.1 Å². The van der Waals surface area contributed by atoms with Crippen LogP contribution < -0.4 is 10.1 Å². The van der Waals surface area contributed by atoms with E-state index in [9.17, 15) is 18.0 Å². The van der Waals surface area contributed by atoms with Crippen LogP contribution in [-0.4, -0.2) is 24.7 Å². The molecule has 0 saturated heterocycles. The maximum atomic E-state index is 12.8. The highest BCUT2D eigenvalue weighted by Crippen LogP contribution is 2.36. The molecule has 9 heteroatoms. The normalized spacial score (nSPS) is 11.4. The molecule has 0 unspecified atom stereocenters. The van der Waals surface area contributed by atoms with Gasteiger partial charge in [-0.3, -0.25) is 4.98 Å². The van der Waals surface area contributed by atoms with E-state index in [0.29, 0.717) is 33.0 Å². The highest BCUT2D eigenvalue weighted by molar-refractivity contribution is 6.33. The van der Waals surface area contributed by atoms with Crippen LogP contribution in [0.3, 0.4) is 0 Å². The first-order valence-corrected chi connectivity index (χ1v) is 8.90. The molecule has 0 atom stereocenters. The molecule has 2 aromatic carbocycles. The van der Waals surface area contributed by atoms with Crippen molar-refractivity contribution in [2.24, 2.45) is 0 Å². The van der Waals surface area contributed by atoms with E-state index < -0.39 is 17.7 Å². The van der Waals surface area contributed by atoms with E-state index in [1.54, 1.807) is 19.1 Å². The molecule has 0 aliphatic heterocycles. The predicted octanol–water partition coefficient (Wildman–Crippen LogP) is 5.84. The van der Waals surface area contributed by atoms with Crippen molar-refractivity contribution in [3.05, 3.63) is 58.7 Å². The van der Waals surface area contributed by atoms with Crippen LogP contribution in [0.4, 0.5) is 24.5 Å². The van der Waals surface area contributed by atoms with Crippen molar-refractivity contribution in [3.8, 4) is 5.75 Å². The molecular weight excluding hydrogens is 409 g/mol. The number of fused-ring (bicyclic) bond motifs is 1. The van der Waals surface area contributed by atoms with E-state index in [1.807, 2.05) is 0 Å². The number of pyridine rings is 1.